The number of nitrogens with zero attached hydrogens (tertiary/aromatic N) is 1. The van der Waals surface area contributed by atoms with Crippen LogP contribution in [0.15, 0.2) is 12.2 Å². The monoisotopic (exact) mass is 229 g/mol. The minimum atomic E-state index is -1.58. The van der Waals surface area contributed by atoms with E-state index < -0.39 is 6.08 Å². The summed E-state index contributed by atoms with van der Waals surface area (Å²) in [5.74, 6) is -0.0757. The van der Waals surface area contributed by atoms with Crippen LogP contribution < -0.4 is 0 Å². The highest BCUT2D eigenvalue weighted by molar-refractivity contribution is 5.17. The summed E-state index contributed by atoms with van der Waals surface area (Å²) in [7, 11) is 0. The van der Waals surface area contributed by atoms with E-state index in [9.17, 15) is 13.9 Å². The molecule has 0 radical (unpaired) electrons. The number of fused-ring (bicyclic) bond motifs is 1. The fourth-order valence-electron chi connectivity index (χ4n) is 3.76. The third-order valence-electron chi connectivity index (χ3n) is 4.61. The zero-order chi connectivity index (χ0) is 11.4. The van der Waals surface area contributed by atoms with Crippen molar-refractivity contribution in [1.82, 2.24) is 4.90 Å². The Morgan fingerprint density at radius 1 is 1.44 bits per heavy atom. The molecule has 1 aliphatic carbocycles. The van der Waals surface area contributed by atoms with Crippen molar-refractivity contribution in [2.45, 2.75) is 31.2 Å². The van der Waals surface area contributed by atoms with Gasteiger partial charge in [-0.2, -0.15) is 8.78 Å². The zero-order valence-corrected chi connectivity index (χ0v) is 9.25. The largest absolute Gasteiger partial charge is 0.394 e. The van der Waals surface area contributed by atoms with Gasteiger partial charge in [0.1, 0.15) is 0 Å². The lowest BCUT2D eigenvalue weighted by molar-refractivity contribution is 0.0996. The van der Waals surface area contributed by atoms with Crippen LogP contribution in [0.3, 0.4) is 0 Å². The van der Waals surface area contributed by atoms with Crippen LogP contribution in [0, 0.1) is 11.3 Å². The smallest absolute Gasteiger partial charge is 0.266 e. The Morgan fingerprint density at radius 2 is 2.19 bits per heavy atom. The van der Waals surface area contributed by atoms with Crippen LogP contribution in [0.4, 0.5) is 8.78 Å². The van der Waals surface area contributed by atoms with Gasteiger partial charge < -0.3 is 5.11 Å². The molecular weight excluding hydrogens is 212 g/mol. The standard InChI is InChI=1S/C12H17F2NO/c13-10(14)3-9-4-12(8-16)6-11(1-2-11)7-15(12)5-9/h3,9,16H,1-2,4-8H2/t9-,12-/m0/s1. The van der Waals surface area contributed by atoms with Gasteiger partial charge in [0.05, 0.1) is 6.61 Å². The number of aliphatic hydroxyl groups is 1. The van der Waals surface area contributed by atoms with Crippen LogP contribution in [0.1, 0.15) is 25.7 Å². The van der Waals surface area contributed by atoms with Crippen molar-refractivity contribution < 1.29 is 13.9 Å². The van der Waals surface area contributed by atoms with Gasteiger partial charge in [-0.05, 0) is 43.1 Å². The minimum Gasteiger partial charge on any atom is -0.394 e. The molecule has 0 aromatic heterocycles. The van der Waals surface area contributed by atoms with Crippen LogP contribution in [0.2, 0.25) is 0 Å². The summed E-state index contributed by atoms with van der Waals surface area (Å²) in [4.78, 5) is 2.25. The first-order valence-corrected chi connectivity index (χ1v) is 5.96. The molecule has 0 aromatic carbocycles. The van der Waals surface area contributed by atoms with Gasteiger partial charge in [-0.3, -0.25) is 4.90 Å². The van der Waals surface area contributed by atoms with Crippen molar-refractivity contribution in [3.63, 3.8) is 0 Å². The Balaban J connectivity index is 1.78. The van der Waals surface area contributed by atoms with Gasteiger partial charge in [0.15, 0.2) is 0 Å². The molecule has 0 aromatic rings. The molecule has 1 N–H and O–H groups in total. The number of rotatable bonds is 2. The van der Waals surface area contributed by atoms with E-state index in [0.717, 1.165) is 19.0 Å². The first-order valence-electron chi connectivity index (χ1n) is 5.96. The van der Waals surface area contributed by atoms with Crippen LogP contribution >= 0.6 is 0 Å². The predicted octanol–water partition coefficient (Wildman–Crippen LogP) is 2.00. The average molecular weight is 229 g/mol. The summed E-state index contributed by atoms with van der Waals surface area (Å²) >= 11 is 0. The summed E-state index contributed by atoms with van der Waals surface area (Å²) in [6.45, 7) is 1.82. The van der Waals surface area contributed by atoms with Crippen molar-refractivity contribution >= 4 is 0 Å². The third-order valence-corrected chi connectivity index (χ3v) is 4.61. The number of halogens is 2. The number of aliphatic hydroxyl groups excluding tert-OH is 1. The SMILES string of the molecule is OC[C@@]12C[C@H](C=C(F)F)CN1CC1(CC1)C2. The fourth-order valence-corrected chi connectivity index (χ4v) is 3.76. The molecule has 16 heavy (non-hydrogen) atoms. The molecule has 2 heterocycles. The Kier molecular flexibility index (Phi) is 2.17. The van der Waals surface area contributed by atoms with Crippen molar-refractivity contribution in [3.05, 3.63) is 12.2 Å². The lowest BCUT2D eigenvalue weighted by Gasteiger charge is -2.29. The number of hydrogen-bond acceptors (Lipinski definition) is 2. The van der Waals surface area contributed by atoms with Crippen LogP contribution in [-0.2, 0) is 0 Å². The maximum atomic E-state index is 12.2. The molecule has 0 amide bonds. The average Bonchev–Trinajstić information content (AvgIpc) is 2.74. The van der Waals surface area contributed by atoms with Gasteiger partial charge >= 0.3 is 0 Å². The lowest BCUT2D eigenvalue weighted by atomic mass is 9.86. The summed E-state index contributed by atoms with van der Waals surface area (Å²) in [5, 5.41) is 9.59. The summed E-state index contributed by atoms with van der Waals surface area (Å²) in [5.41, 5.74) is 0.249. The molecule has 3 fully saturated rings. The van der Waals surface area contributed by atoms with Gasteiger partial charge in [-0.25, -0.2) is 0 Å². The maximum Gasteiger partial charge on any atom is 0.266 e. The molecule has 3 rings (SSSR count). The molecule has 0 bridgehead atoms. The highest BCUT2D eigenvalue weighted by atomic mass is 19.3. The van der Waals surface area contributed by atoms with E-state index in [-0.39, 0.29) is 18.1 Å². The van der Waals surface area contributed by atoms with E-state index >= 15 is 0 Å². The Hall–Kier alpha value is -0.480. The molecule has 2 nitrogen and oxygen atoms in total. The molecule has 90 valence electrons. The van der Waals surface area contributed by atoms with Gasteiger partial charge in [-0.15, -0.1) is 0 Å². The summed E-state index contributed by atoms with van der Waals surface area (Å²) in [6, 6.07) is 0. The van der Waals surface area contributed by atoms with E-state index in [1.165, 1.54) is 12.8 Å². The molecule has 2 aliphatic heterocycles. The molecule has 3 aliphatic rings. The van der Waals surface area contributed by atoms with E-state index in [1.54, 1.807) is 0 Å². The fraction of sp³-hybridized carbons (Fsp3) is 0.833. The Bertz CT molecular complexity index is 336. The van der Waals surface area contributed by atoms with Crippen molar-refractivity contribution in [3.8, 4) is 0 Å². The van der Waals surface area contributed by atoms with E-state index in [0.29, 0.717) is 18.4 Å². The second-order valence-electron chi connectivity index (χ2n) is 5.86. The first-order chi connectivity index (χ1) is 7.57. The molecular formula is C12H17F2NO. The van der Waals surface area contributed by atoms with Crippen molar-refractivity contribution in [2.24, 2.45) is 11.3 Å². The summed E-state index contributed by atoms with van der Waals surface area (Å²) < 4.78 is 24.5. The highest BCUT2D eigenvalue weighted by Gasteiger charge is 2.61. The molecule has 2 atom stereocenters. The van der Waals surface area contributed by atoms with Crippen LogP contribution in [0.5, 0.6) is 0 Å². The summed E-state index contributed by atoms with van der Waals surface area (Å²) in [6.07, 6.45) is 3.69. The molecule has 2 saturated heterocycles. The Labute approximate surface area is 93.9 Å². The second kappa shape index (κ2) is 3.26. The zero-order valence-electron chi connectivity index (χ0n) is 9.25. The van der Waals surface area contributed by atoms with Crippen molar-refractivity contribution in [1.29, 1.82) is 0 Å². The Morgan fingerprint density at radius 3 is 2.69 bits per heavy atom. The van der Waals surface area contributed by atoms with Gasteiger partial charge in [0, 0.05) is 18.6 Å². The van der Waals surface area contributed by atoms with E-state index in [2.05, 4.69) is 4.90 Å². The van der Waals surface area contributed by atoms with E-state index in [1.807, 2.05) is 0 Å². The topological polar surface area (TPSA) is 23.5 Å². The van der Waals surface area contributed by atoms with Crippen LogP contribution in [-0.4, -0.2) is 35.2 Å². The number of hydrogen-bond donors (Lipinski definition) is 1. The normalized spacial score (nSPS) is 40.1. The second-order valence-corrected chi connectivity index (χ2v) is 5.86. The van der Waals surface area contributed by atoms with Gasteiger partial charge in [0.2, 0.25) is 0 Å². The molecule has 1 spiro atoms. The van der Waals surface area contributed by atoms with Crippen LogP contribution in [0.25, 0.3) is 0 Å². The quantitative estimate of drug-likeness (QED) is 0.783. The predicted molar refractivity (Wildman–Crippen MR) is 56.1 cm³/mol. The van der Waals surface area contributed by atoms with Gasteiger partial charge in [-0.1, -0.05) is 0 Å². The molecule has 0 unspecified atom stereocenters. The molecule has 1 saturated carbocycles. The molecule has 4 heteroatoms. The van der Waals surface area contributed by atoms with Gasteiger partial charge in [0.25, 0.3) is 6.08 Å². The van der Waals surface area contributed by atoms with E-state index in [4.69, 9.17) is 0 Å². The minimum absolute atomic E-state index is 0.0757. The highest BCUT2D eigenvalue weighted by Crippen LogP contribution is 2.61. The lowest BCUT2D eigenvalue weighted by Crippen LogP contribution is -2.41. The maximum absolute atomic E-state index is 12.2. The van der Waals surface area contributed by atoms with Crippen molar-refractivity contribution in [2.75, 3.05) is 19.7 Å². The third kappa shape index (κ3) is 1.51. The first kappa shape index (κ1) is 10.7.